The number of nitrogens with one attached hydrogen (secondary N) is 2. The first-order valence-corrected chi connectivity index (χ1v) is 8.00. The van der Waals surface area contributed by atoms with Gasteiger partial charge in [0.15, 0.2) is 16.6 Å². The Morgan fingerprint density at radius 1 is 1.17 bits per heavy atom. The summed E-state index contributed by atoms with van der Waals surface area (Å²) < 4.78 is 11.0. The van der Waals surface area contributed by atoms with E-state index in [1.165, 1.54) is 6.08 Å². The summed E-state index contributed by atoms with van der Waals surface area (Å²) in [7, 11) is 1.54. The van der Waals surface area contributed by atoms with Gasteiger partial charge in [0, 0.05) is 0 Å². The van der Waals surface area contributed by atoms with E-state index in [0.29, 0.717) is 29.6 Å². The van der Waals surface area contributed by atoms with Gasteiger partial charge in [0.2, 0.25) is 0 Å². The molecule has 0 radical (unpaired) electrons. The highest BCUT2D eigenvalue weighted by molar-refractivity contribution is 7.80. The molecule has 1 saturated heterocycles. The number of rotatable bonds is 6. The lowest BCUT2D eigenvalue weighted by Gasteiger charge is -2.16. The Morgan fingerprint density at radius 2 is 1.83 bits per heavy atom. The van der Waals surface area contributed by atoms with E-state index in [0.717, 1.165) is 6.42 Å². The normalized spacial score (nSPS) is 14.3. The van der Waals surface area contributed by atoms with Crippen LogP contribution >= 0.6 is 12.2 Å². The molecular formula is C17H20N2O4S. The minimum atomic E-state index is -0.528. The molecule has 7 heteroatoms. The molecule has 0 bridgehead atoms. The highest BCUT2D eigenvalue weighted by Gasteiger charge is 2.25. The molecular weight excluding hydrogens is 328 g/mol. The number of thiocarbonyl (C=S) groups is 1. The van der Waals surface area contributed by atoms with Crippen molar-refractivity contribution >= 4 is 35.2 Å². The van der Waals surface area contributed by atoms with Crippen LogP contribution in [0.2, 0.25) is 0 Å². The molecule has 0 atom stereocenters. The summed E-state index contributed by atoms with van der Waals surface area (Å²) in [5, 5.41) is 4.80. The zero-order valence-corrected chi connectivity index (χ0v) is 14.7. The molecule has 0 aromatic heterocycles. The van der Waals surface area contributed by atoms with E-state index in [1.807, 2.05) is 0 Å². The number of methoxy groups -OCH3 is 1. The zero-order valence-electron chi connectivity index (χ0n) is 13.8. The second-order valence-corrected chi connectivity index (χ2v) is 6.14. The third-order valence-electron chi connectivity index (χ3n) is 3.39. The molecule has 0 spiro atoms. The number of carbonyl (C=O) groups is 2. The number of benzene rings is 1. The van der Waals surface area contributed by atoms with Crippen LogP contribution in [0.4, 0.5) is 0 Å². The molecule has 0 aliphatic carbocycles. The van der Waals surface area contributed by atoms with E-state index in [-0.39, 0.29) is 10.7 Å². The first-order chi connectivity index (χ1) is 11.4. The first-order valence-electron chi connectivity index (χ1n) is 7.60. The molecule has 1 aromatic rings. The molecule has 1 aliphatic rings. The van der Waals surface area contributed by atoms with E-state index < -0.39 is 11.8 Å². The molecule has 24 heavy (non-hydrogen) atoms. The van der Waals surface area contributed by atoms with Crippen molar-refractivity contribution in [3.63, 3.8) is 0 Å². The third-order valence-corrected chi connectivity index (χ3v) is 3.60. The summed E-state index contributed by atoms with van der Waals surface area (Å²) in [5.74, 6) is 0.661. The maximum atomic E-state index is 11.9. The average molecular weight is 348 g/mol. The van der Waals surface area contributed by atoms with Crippen molar-refractivity contribution in [1.82, 2.24) is 10.6 Å². The Morgan fingerprint density at radius 3 is 2.42 bits per heavy atom. The summed E-state index contributed by atoms with van der Waals surface area (Å²) in [6, 6.07) is 5.23. The van der Waals surface area contributed by atoms with E-state index in [1.54, 1.807) is 25.3 Å². The largest absolute Gasteiger partial charge is 0.493 e. The van der Waals surface area contributed by atoms with Crippen LogP contribution in [0.5, 0.6) is 11.5 Å². The van der Waals surface area contributed by atoms with Crippen LogP contribution in [0.15, 0.2) is 23.8 Å². The molecule has 1 aliphatic heterocycles. The fourth-order valence-corrected chi connectivity index (χ4v) is 2.26. The van der Waals surface area contributed by atoms with Gasteiger partial charge >= 0.3 is 0 Å². The van der Waals surface area contributed by atoms with Crippen LogP contribution in [-0.4, -0.2) is 30.6 Å². The highest BCUT2D eigenvalue weighted by atomic mass is 32.1. The number of carbonyl (C=O) groups excluding carboxylic acids is 2. The number of hydrogen-bond donors (Lipinski definition) is 2. The van der Waals surface area contributed by atoms with Crippen LogP contribution in [-0.2, 0) is 9.59 Å². The van der Waals surface area contributed by atoms with Crippen molar-refractivity contribution < 1.29 is 19.1 Å². The smallest absolute Gasteiger partial charge is 0.263 e. The summed E-state index contributed by atoms with van der Waals surface area (Å²) in [5.41, 5.74) is 0.635. The predicted molar refractivity (Wildman–Crippen MR) is 94.8 cm³/mol. The van der Waals surface area contributed by atoms with Gasteiger partial charge in [-0.05, 0) is 48.3 Å². The molecule has 6 nitrogen and oxygen atoms in total. The van der Waals surface area contributed by atoms with Crippen LogP contribution in [0.3, 0.4) is 0 Å². The number of ether oxygens (including phenoxy) is 2. The van der Waals surface area contributed by atoms with Gasteiger partial charge in [0.05, 0.1) is 13.7 Å². The van der Waals surface area contributed by atoms with Crippen molar-refractivity contribution in [2.75, 3.05) is 13.7 Å². The molecule has 0 saturated carbocycles. The van der Waals surface area contributed by atoms with E-state index >= 15 is 0 Å². The van der Waals surface area contributed by atoms with Crippen LogP contribution in [0, 0.1) is 5.92 Å². The first kappa shape index (κ1) is 17.9. The van der Waals surface area contributed by atoms with Crippen molar-refractivity contribution in [3.05, 3.63) is 29.3 Å². The monoisotopic (exact) mass is 348 g/mol. The summed E-state index contributed by atoms with van der Waals surface area (Å²) in [4.78, 5) is 23.7. The van der Waals surface area contributed by atoms with Crippen molar-refractivity contribution in [2.45, 2.75) is 20.3 Å². The van der Waals surface area contributed by atoms with Gasteiger partial charge in [-0.3, -0.25) is 20.2 Å². The van der Waals surface area contributed by atoms with Gasteiger partial charge < -0.3 is 9.47 Å². The van der Waals surface area contributed by atoms with Gasteiger partial charge in [-0.15, -0.1) is 0 Å². The van der Waals surface area contributed by atoms with Crippen molar-refractivity contribution in [2.24, 2.45) is 5.92 Å². The topological polar surface area (TPSA) is 76.7 Å². The second kappa shape index (κ2) is 7.92. The SMILES string of the molecule is COc1cc(C=C2C(=O)NC(=S)NC2=O)ccc1OCCC(C)C. The van der Waals surface area contributed by atoms with Crippen molar-refractivity contribution in [3.8, 4) is 11.5 Å². The maximum absolute atomic E-state index is 11.9. The molecule has 1 heterocycles. The van der Waals surface area contributed by atoms with E-state index in [2.05, 4.69) is 24.5 Å². The Balaban J connectivity index is 2.19. The average Bonchev–Trinajstić information content (AvgIpc) is 2.51. The molecule has 2 rings (SSSR count). The Bertz CT molecular complexity index is 676. The fraction of sp³-hybridized carbons (Fsp3) is 0.353. The molecule has 1 aromatic carbocycles. The number of hydrogen-bond acceptors (Lipinski definition) is 5. The van der Waals surface area contributed by atoms with Gasteiger partial charge in [0.25, 0.3) is 11.8 Å². The van der Waals surface area contributed by atoms with Crippen LogP contribution < -0.4 is 20.1 Å². The minimum absolute atomic E-state index is 0.00799. The highest BCUT2D eigenvalue weighted by Crippen LogP contribution is 2.29. The summed E-state index contributed by atoms with van der Waals surface area (Å²) in [6.07, 6.45) is 2.42. The lowest BCUT2D eigenvalue weighted by molar-refractivity contribution is -0.123. The summed E-state index contributed by atoms with van der Waals surface area (Å²) >= 11 is 4.77. The lowest BCUT2D eigenvalue weighted by Crippen LogP contribution is -2.51. The molecule has 1 fully saturated rings. The molecule has 0 unspecified atom stereocenters. The van der Waals surface area contributed by atoms with Crippen molar-refractivity contribution in [1.29, 1.82) is 0 Å². The van der Waals surface area contributed by atoms with Crippen LogP contribution in [0.25, 0.3) is 6.08 Å². The van der Waals surface area contributed by atoms with Gasteiger partial charge in [0.1, 0.15) is 5.57 Å². The second-order valence-electron chi connectivity index (χ2n) is 5.74. The Kier molecular flexibility index (Phi) is 5.92. The molecule has 128 valence electrons. The van der Waals surface area contributed by atoms with Crippen LogP contribution in [0.1, 0.15) is 25.8 Å². The molecule has 2 N–H and O–H groups in total. The van der Waals surface area contributed by atoms with Gasteiger partial charge in [-0.25, -0.2) is 0 Å². The standard InChI is InChI=1S/C17H20N2O4S/c1-10(2)6-7-23-13-5-4-11(9-14(13)22-3)8-12-15(20)18-17(24)19-16(12)21/h4-5,8-10H,6-7H2,1-3H3,(H2,18,19,20,21,24). The Hall–Kier alpha value is -2.41. The quantitative estimate of drug-likeness (QED) is 0.467. The van der Waals surface area contributed by atoms with Gasteiger partial charge in [-0.2, -0.15) is 0 Å². The third kappa shape index (κ3) is 4.55. The fourth-order valence-electron chi connectivity index (χ4n) is 2.07. The zero-order chi connectivity index (χ0) is 17.7. The minimum Gasteiger partial charge on any atom is -0.493 e. The number of amides is 2. The summed E-state index contributed by atoms with van der Waals surface area (Å²) in [6.45, 7) is 4.85. The van der Waals surface area contributed by atoms with E-state index in [4.69, 9.17) is 21.7 Å². The molecule has 2 amide bonds. The Labute approximate surface area is 146 Å². The van der Waals surface area contributed by atoms with E-state index in [9.17, 15) is 9.59 Å². The lowest BCUT2D eigenvalue weighted by atomic mass is 10.1. The predicted octanol–water partition coefficient (Wildman–Crippen LogP) is 2.03. The maximum Gasteiger partial charge on any atom is 0.263 e. The van der Waals surface area contributed by atoms with Gasteiger partial charge in [-0.1, -0.05) is 19.9 Å².